The monoisotopic (exact) mass is 191 g/mol. The quantitative estimate of drug-likeness (QED) is 0.684. The van der Waals surface area contributed by atoms with Crippen molar-refractivity contribution < 1.29 is 9.53 Å². The SMILES string of the molecule is CCC[CH]c1ccc(C(=O)OC)cc1. The molecule has 0 fully saturated rings. The van der Waals surface area contributed by atoms with Gasteiger partial charge in [0.05, 0.1) is 12.7 Å². The normalized spacial score (nSPS) is 9.86. The van der Waals surface area contributed by atoms with E-state index >= 15 is 0 Å². The van der Waals surface area contributed by atoms with E-state index in [-0.39, 0.29) is 5.97 Å². The zero-order chi connectivity index (χ0) is 10.4. The van der Waals surface area contributed by atoms with E-state index in [9.17, 15) is 4.79 Å². The highest BCUT2D eigenvalue weighted by atomic mass is 16.5. The maximum absolute atomic E-state index is 11.1. The molecule has 0 aromatic heterocycles. The molecule has 0 saturated carbocycles. The van der Waals surface area contributed by atoms with E-state index in [0.29, 0.717) is 5.56 Å². The molecule has 0 amide bonds. The molecule has 0 saturated heterocycles. The zero-order valence-corrected chi connectivity index (χ0v) is 8.62. The Morgan fingerprint density at radius 1 is 1.36 bits per heavy atom. The van der Waals surface area contributed by atoms with Crippen LogP contribution in [0.15, 0.2) is 24.3 Å². The Morgan fingerprint density at radius 2 is 2.00 bits per heavy atom. The molecule has 0 N–H and O–H groups in total. The maximum atomic E-state index is 11.1. The van der Waals surface area contributed by atoms with Crippen LogP contribution in [0.3, 0.4) is 0 Å². The van der Waals surface area contributed by atoms with Gasteiger partial charge in [0.2, 0.25) is 0 Å². The van der Waals surface area contributed by atoms with E-state index in [4.69, 9.17) is 0 Å². The fraction of sp³-hybridized carbons (Fsp3) is 0.333. The summed E-state index contributed by atoms with van der Waals surface area (Å²) in [6, 6.07) is 7.44. The fourth-order valence-electron chi connectivity index (χ4n) is 1.18. The van der Waals surface area contributed by atoms with Crippen molar-refractivity contribution in [3.05, 3.63) is 41.8 Å². The largest absolute Gasteiger partial charge is 0.465 e. The molecule has 1 aromatic rings. The van der Waals surface area contributed by atoms with Crippen molar-refractivity contribution in [1.29, 1.82) is 0 Å². The molecular formula is C12H15O2. The Morgan fingerprint density at radius 3 is 2.50 bits per heavy atom. The van der Waals surface area contributed by atoms with Crippen LogP contribution in [-0.4, -0.2) is 13.1 Å². The second-order valence-electron chi connectivity index (χ2n) is 3.11. The summed E-state index contributed by atoms with van der Waals surface area (Å²) in [7, 11) is 1.39. The Kier molecular flexibility index (Phi) is 4.17. The average Bonchev–Trinajstić information content (AvgIpc) is 2.26. The number of unbranched alkanes of at least 4 members (excludes halogenated alkanes) is 1. The summed E-state index contributed by atoms with van der Waals surface area (Å²) in [6.07, 6.45) is 4.36. The van der Waals surface area contributed by atoms with Gasteiger partial charge < -0.3 is 4.74 Å². The number of benzene rings is 1. The van der Waals surface area contributed by atoms with Crippen LogP contribution >= 0.6 is 0 Å². The maximum Gasteiger partial charge on any atom is 0.337 e. The van der Waals surface area contributed by atoms with Gasteiger partial charge in [-0.3, -0.25) is 0 Å². The number of ether oxygens (including phenoxy) is 1. The van der Waals surface area contributed by atoms with Gasteiger partial charge >= 0.3 is 5.97 Å². The van der Waals surface area contributed by atoms with Gasteiger partial charge in [-0.25, -0.2) is 4.79 Å². The summed E-state index contributed by atoms with van der Waals surface area (Å²) < 4.78 is 4.61. The summed E-state index contributed by atoms with van der Waals surface area (Å²) in [4.78, 5) is 11.1. The first-order valence-corrected chi connectivity index (χ1v) is 4.79. The third-order valence-electron chi connectivity index (χ3n) is 2.00. The van der Waals surface area contributed by atoms with Crippen molar-refractivity contribution in [3.63, 3.8) is 0 Å². The molecule has 75 valence electrons. The minimum atomic E-state index is -0.285. The van der Waals surface area contributed by atoms with Crippen molar-refractivity contribution >= 4 is 5.97 Å². The van der Waals surface area contributed by atoms with Crippen molar-refractivity contribution in [2.24, 2.45) is 0 Å². The van der Waals surface area contributed by atoms with Gasteiger partial charge in [-0.05, 0) is 30.5 Å². The number of hydrogen-bond acceptors (Lipinski definition) is 2. The number of hydrogen-bond donors (Lipinski definition) is 0. The molecule has 1 rings (SSSR count). The lowest BCUT2D eigenvalue weighted by atomic mass is 10.1. The molecule has 2 nitrogen and oxygen atoms in total. The number of rotatable bonds is 4. The molecular weight excluding hydrogens is 176 g/mol. The van der Waals surface area contributed by atoms with Crippen LogP contribution in [0, 0.1) is 6.42 Å². The Bertz CT molecular complexity index is 288. The minimum Gasteiger partial charge on any atom is -0.465 e. The Labute approximate surface area is 84.9 Å². The van der Waals surface area contributed by atoms with Gasteiger partial charge in [0.25, 0.3) is 0 Å². The van der Waals surface area contributed by atoms with E-state index in [1.165, 1.54) is 7.11 Å². The van der Waals surface area contributed by atoms with Crippen LogP contribution in [-0.2, 0) is 4.74 Å². The van der Waals surface area contributed by atoms with Gasteiger partial charge in [-0.15, -0.1) is 0 Å². The third kappa shape index (κ3) is 2.87. The molecule has 0 aliphatic rings. The lowest BCUT2D eigenvalue weighted by Crippen LogP contribution is -2.00. The van der Waals surface area contributed by atoms with Crippen LogP contribution in [0.25, 0.3) is 0 Å². The first kappa shape index (κ1) is 10.8. The molecule has 0 spiro atoms. The predicted molar refractivity (Wildman–Crippen MR) is 56.1 cm³/mol. The Hall–Kier alpha value is -1.31. The smallest absolute Gasteiger partial charge is 0.337 e. The molecule has 0 heterocycles. The van der Waals surface area contributed by atoms with E-state index in [2.05, 4.69) is 18.1 Å². The predicted octanol–water partition coefficient (Wildman–Crippen LogP) is 2.83. The highest BCUT2D eigenvalue weighted by Crippen LogP contribution is 2.10. The van der Waals surface area contributed by atoms with E-state index in [1.807, 2.05) is 12.1 Å². The molecule has 0 bridgehead atoms. The second-order valence-corrected chi connectivity index (χ2v) is 3.11. The number of carbonyl (C=O) groups is 1. The van der Waals surface area contributed by atoms with Gasteiger partial charge in [0.1, 0.15) is 0 Å². The summed E-state index contributed by atoms with van der Waals surface area (Å²) in [5, 5.41) is 0. The average molecular weight is 191 g/mol. The molecule has 0 unspecified atom stereocenters. The summed E-state index contributed by atoms with van der Waals surface area (Å²) >= 11 is 0. The van der Waals surface area contributed by atoms with Crippen LogP contribution < -0.4 is 0 Å². The first-order valence-electron chi connectivity index (χ1n) is 4.79. The lowest BCUT2D eigenvalue weighted by molar-refractivity contribution is 0.0601. The van der Waals surface area contributed by atoms with Crippen molar-refractivity contribution in [3.8, 4) is 0 Å². The standard InChI is InChI=1S/C12H15O2/c1-3-4-5-10-6-8-11(9-7-10)12(13)14-2/h5-9H,3-4H2,1-2H3. The molecule has 2 heteroatoms. The fourth-order valence-corrected chi connectivity index (χ4v) is 1.18. The molecule has 1 aromatic carbocycles. The second kappa shape index (κ2) is 5.43. The van der Waals surface area contributed by atoms with Gasteiger partial charge in [-0.1, -0.05) is 25.5 Å². The van der Waals surface area contributed by atoms with Crippen molar-refractivity contribution in [2.45, 2.75) is 19.8 Å². The van der Waals surface area contributed by atoms with Gasteiger partial charge in [-0.2, -0.15) is 0 Å². The van der Waals surface area contributed by atoms with E-state index in [1.54, 1.807) is 12.1 Å². The number of esters is 1. The van der Waals surface area contributed by atoms with Crippen LogP contribution in [0.5, 0.6) is 0 Å². The number of carbonyl (C=O) groups excluding carboxylic acids is 1. The molecule has 1 radical (unpaired) electrons. The lowest BCUT2D eigenvalue weighted by Gasteiger charge is -2.01. The molecule has 0 aliphatic heterocycles. The van der Waals surface area contributed by atoms with Crippen molar-refractivity contribution in [1.82, 2.24) is 0 Å². The van der Waals surface area contributed by atoms with E-state index < -0.39 is 0 Å². The zero-order valence-electron chi connectivity index (χ0n) is 8.62. The third-order valence-corrected chi connectivity index (χ3v) is 2.00. The minimum absolute atomic E-state index is 0.285. The number of methoxy groups -OCH3 is 1. The summed E-state index contributed by atoms with van der Waals surface area (Å²) in [6.45, 7) is 2.14. The van der Waals surface area contributed by atoms with Gasteiger partial charge in [0.15, 0.2) is 0 Å². The van der Waals surface area contributed by atoms with Gasteiger partial charge in [0, 0.05) is 0 Å². The topological polar surface area (TPSA) is 26.3 Å². The van der Waals surface area contributed by atoms with E-state index in [0.717, 1.165) is 18.4 Å². The summed E-state index contributed by atoms with van der Waals surface area (Å²) in [5.41, 5.74) is 1.75. The van der Waals surface area contributed by atoms with Crippen molar-refractivity contribution in [2.75, 3.05) is 7.11 Å². The summed E-state index contributed by atoms with van der Waals surface area (Å²) in [5.74, 6) is -0.285. The molecule has 0 atom stereocenters. The van der Waals surface area contributed by atoms with Crippen LogP contribution in [0.1, 0.15) is 35.7 Å². The molecule has 0 aliphatic carbocycles. The van der Waals surface area contributed by atoms with Crippen LogP contribution in [0.2, 0.25) is 0 Å². The Balaban J connectivity index is 2.63. The van der Waals surface area contributed by atoms with Crippen LogP contribution in [0.4, 0.5) is 0 Å². The first-order chi connectivity index (χ1) is 6.77. The highest BCUT2D eigenvalue weighted by Gasteiger charge is 2.03. The highest BCUT2D eigenvalue weighted by molar-refractivity contribution is 5.89. The molecule has 14 heavy (non-hydrogen) atoms.